The molecule has 0 aliphatic carbocycles. The van der Waals surface area contributed by atoms with Crippen LogP contribution >= 0.6 is 0 Å². The summed E-state index contributed by atoms with van der Waals surface area (Å²) in [6.07, 6.45) is 3.19. The first kappa shape index (κ1) is 22.6. The number of fused-ring (bicyclic) bond motifs is 1. The van der Waals surface area contributed by atoms with Gasteiger partial charge in [0.15, 0.2) is 0 Å². The summed E-state index contributed by atoms with van der Waals surface area (Å²) in [6.45, 7) is 1.77. The van der Waals surface area contributed by atoms with Crippen molar-refractivity contribution >= 4 is 16.8 Å². The number of benzene rings is 3. The third-order valence-electron chi connectivity index (χ3n) is 5.76. The van der Waals surface area contributed by atoms with Gasteiger partial charge in [-0.2, -0.15) is 0 Å². The molecule has 5 nitrogen and oxygen atoms in total. The number of methoxy groups -OCH3 is 1. The molecule has 0 aliphatic heterocycles. The van der Waals surface area contributed by atoms with E-state index < -0.39 is 0 Å². The number of hydrogen-bond acceptors (Lipinski definition) is 3. The molecule has 0 radical (unpaired) electrons. The van der Waals surface area contributed by atoms with E-state index in [2.05, 4.69) is 34.6 Å². The van der Waals surface area contributed by atoms with Crippen LogP contribution in [0.5, 0.6) is 5.75 Å². The quantitative estimate of drug-likeness (QED) is 0.305. The molecule has 0 fully saturated rings. The van der Waals surface area contributed by atoms with Gasteiger partial charge >= 0.3 is 0 Å². The average molecular weight is 443 g/mol. The summed E-state index contributed by atoms with van der Waals surface area (Å²) in [5, 5.41) is 4.16. The SMILES string of the molecule is COCCCNC(=O)CC(c1ccc(OCc2ccccc2)cc1)c1c[nH]c2ccccc12. The Bertz CT molecular complexity index is 1150. The zero-order chi connectivity index (χ0) is 22.9. The Balaban J connectivity index is 1.52. The van der Waals surface area contributed by atoms with Crippen LogP contribution in [0.4, 0.5) is 0 Å². The van der Waals surface area contributed by atoms with Crippen LogP contribution in [0.1, 0.15) is 35.4 Å². The Morgan fingerprint density at radius 2 is 1.73 bits per heavy atom. The van der Waals surface area contributed by atoms with Crippen molar-refractivity contribution in [3.05, 3.63) is 102 Å². The van der Waals surface area contributed by atoms with Gasteiger partial charge in [-0.1, -0.05) is 60.7 Å². The molecule has 170 valence electrons. The molecule has 1 amide bonds. The maximum absolute atomic E-state index is 12.8. The zero-order valence-electron chi connectivity index (χ0n) is 18.9. The minimum Gasteiger partial charge on any atom is -0.489 e. The van der Waals surface area contributed by atoms with E-state index in [4.69, 9.17) is 9.47 Å². The van der Waals surface area contributed by atoms with Gasteiger partial charge in [0, 0.05) is 49.7 Å². The molecule has 1 heterocycles. The van der Waals surface area contributed by atoms with E-state index in [1.165, 1.54) is 0 Å². The van der Waals surface area contributed by atoms with E-state index >= 15 is 0 Å². The third-order valence-corrected chi connectivity index (χ3v) is 5.76. The third kappa shape index (κ3) is 6.02. The van der Waals surface area contributed by atoms with Gasteiger partial charge in [-0.15, -0.1) is 0 Å². The lowest BCUT2D eigenvalue weighted by Gasteiger charge is -2.18. The maximum atomic E-state index is 12.8. The molecule has 0 saturated carbocycles. The van der Waals surface area contributed by atoms with Gasteiger partial charge in [-0.3, -0.25) is 4.79 Å². The Kier molecular flexibility index (Phi) is 7.77. The Morgan fingerprint density at radius 1 is 0.970 bits per heavy atom. The molecule has 4 rings (SSSR count). The summed E-state index contributed by atoms with van der Waals surface area (Å²) in [5.41, 5.74) is 4.40. The van der Waals surface area contributed by atoms with Crippen LogP contribution in [-0.4, -0.2) is 31.2 Å². The van der Waals surface area contributed by atoms with Crippen molar-refractivity contribution in [2.75, 3.05) is 20.3 Å². The highest BCUT2D eigenvalue weighted by atomic mass is 16.5. The highest BCUT2D eigenvalue weighted by Gasteiger charge is 2.21. The highest BCUT2D eigenvalue weighted by Crippen LogP contribution is 2.34. The van der Waals surface area contributed by atoms with E-state index in [9.17, 15) is 4.79 Å². The lowest BCUT2D eigenvalue weighted by Crippen LogP contribution is -2.27. The fourth-order valence-corrected chi connectivity index (χ4v) is 4.03. The van der Waals surface area contributed by atoms with Gasteiger partial charge < -0.3 is 19.8 Å². The van der Waals surface area contributed by atoms with E-state index in [1.54, 1.807) is 7.11 Å². The van der Waals surface area contributed by atoms with Crippen LogP contribution in [0.3, 0.4) is 0 Å². The first-order chi connectivity index (χ1) is 16.2. The van der Waals surface area contributed by atoms with Crippen molar-refractivity contribution in [1.29, 1.82) is 0 Å². The van der Waals surface area contributed by atoms with Gasteiger partial charge in [0.2, 0.25) is 5.91 Å². The first-order valence-electron chi connectivity index (χ1n) is 11.3. The van der Waals surface area contributed by atoms with Crippen molar-refractivity contribution in [1.82, 2.24) is 10.3 Å². The molecular formula is C28H30N2O3. The van der Waals surface area contributed by atoms with Crippen molar-refractivity contribution < 1.29 is 14.3 Å². The normalized spacial score (nSPS) is 11.9. The number of carbonyl (C=O) groups excluding carboxylic acids is 1. The summed E-state index contributed by atoms with van der Waals surface area (Å²) >= 11 is 0. The summed E-state index contributed by atoms with van der Waals surface area (Å²) in [7, 11) is 1.67. The summed E-state index contributed by atoms with van der Waals surface area (Å²) in [5.74, 6) is 0.779. The molecule has 4 aromatic rings. The lowest BCUT2D eigenvalue weighted by molar-refractivity contribution is -0.121. The molecule has 33 heavy (non-hydrogen) atoms. The molecular weight excluding hydrogens is 412 g/mol. The summed E-state index contributed by atoms with van der Waals surface area (Å²) in [4.78, 5) is 16.1. The number of amides is 1. The monoisotopic (exact) mass is 442 g/mol. The van der Waals surface area contributed by atoms with E-state index in [-0.39, 0.29) is 11.8 Å². The fraction of sp³-hybridized carbons (Fsp3) is 0.250. The largest absolute Gasteiger partial charge is 0.489 e. The number of aromatic amines is 1. The van der Waals surface area contributed by atoms with Gasteiger partial charge in [-0.05, 0) is 41.3 Å². The first-order valence-corrected chi connectivity index (χ1v) is 11.3. The number of hydrogen-bond donors (Lipinski definition) is 2. The van der Waals surface area contributed by atoms with Crippen LogP contribution in [-0.2, 0) is 16.1 Å². The second kappa shape index (κ2) is 11.3. The molecule has 1 unspecified atom stereocenters. The highest BCUT2D eigenvalue weighted by molar-refractivity contribution is 5.86. The van der Waals surface area contributed by atoms with Gasteiger partial charge in [0.25, 0.3) is 0 Å². The second-order valence-electron chi connectivity index (χ2n) is 8.09. The van der Waals surface area contributed by atoms with Crippen molar-refractivity contribution in [3.8, 4) is 5.75 Å². The topological polar surface area (TPSA) is 63.4 Å². The van der Waals surface area contributed by atoms with Crippen LogP contribution in [0, 0.1) is 0 Å². The predicted octanol–water partition coefficient (Wildman–Crippen LogP) is 5.42. The predicted molar refractivity (Wildman–Crippen MR) is 131 cm³/mol. The van der Waals surface area contributed by atoms with Gasteiger partial charge in [0.1, 0.15) is 12.4 Å². The number of H-pyrrole nitrogens is 1. The minimum atomic E-state index is -0.0632. The summed E-state index contributed by atoms with van der Waals surface area (Å²) in [6, 6.07) is 26.4. The molecule has 1 aromatic heterocycles. The number of ether oxygens (including phenoxy) is 2. The fourth-order valence-electron chi connectivity index (χ4n) is 4.03. The number of nitrogens with one attached hydrogen (secondary N) is 2. The Labute approximate surface area is 194 Å². The Morgan fingerprint density at radius 3 is 2.52 bits per heavy atom. The molecule has 1 atom stereocenters. The molecule has 5 heteroatoms. The molecule has 2 N–H and O–H groups in total. The maximum Gasteiger partial charge on any atom is 0.220 e. The molecule has 0 spiro atoms. The Hall–Kier alpha value is -3.57. The van der Waals surface area contributed by atoms with Crippen molar-refractivity contribution in [2.24, 2.45) is 0 Å². The molecule has 3 aromatic carbocycles. The van der Waals surface area contributed by atoms with Crippen LogP contribution in [0.2, 0.25) is 0 Å². The number of rotatable bonds is 11. The smallest absolute Gasteiger partial charge is 0.220 e. The van der Waals surface area contributed by atoms with Crippen molar-refractivity contribution in [3.63, 3.8) is 0 Å². The van der Waals surface area contributed by atoms with Crippen LogP contribution < -0.4 is 10.1 Å². The van der Waals surface area contributed by atoms with Crippen LogP contribution in [0.25, 0.3) is 10.9 Å². The molecule has 0 saturated heterocycles. The number of para-hydroxylation sites is 1. The van der Waals surface area contributed by atoms with Crippen LogP contribution in [0.15, 0.2) is 85.1 Å². The minimum absolute atomic E-state index is 0.0331. The number of aromatic nitrogens is 1. The van der Waals surface area contributed by atoms with Crippen molar-refractivity contribution in [2.45, 2.75) is 25.4 Å². The standard InChI is InChI=1S/C28H30N2O3/c1-32-17-7-16-29-28(31)18-25(26-19-30-27-11-6-5-10-24(26)27)22-12-14-23(15-13-22)33-20-21-8-3-2-4-9-21/h2-6,8-15,19,25,30H,7,16-18,20H2,1H3,(H,29,31). The molecule has 0 bridgehead atoms. The second-order valence-corrected chi connectivity index (χ2v) is 8.09. The van der Waals surface area contributed by atoms with E-state index in [1.807, 2.05) is 60.8 Å². The average Bonchev–Trinajstić information content (AvgIpc) is 3.29. The number of carbonyl (C=O) groups is 1. The van der Waals surface area contributed by atoms with Gasteiger partial charge in [0.05, 0.1) is 0 Å². The van der Waals surface area contributed by atoms with E-state index in [0.29, 0.717) is 26.2 Å². The van der Waals surface area contributed by atoms with E-state index in [0.717, 1.165) is 39.8 Å². The summed E-state index contributed by atoms with van der Waals surface area (Å²) < 4.78 is 11.0. The molecule has 0 aliphatic rings. The lowest BCUT2D eigenvalue weighted by atomic mass is 9.88. The zero-order valence-corrected chi connectivity index (χ0v) is 18.9. The van der Waals surface area contributed by atoms with Gasteiger partial charge in [-0.25, -0.2) is 0 Å².